The highest BCUT2D eigenvalue weighted by atomic mass is 16.3. The van der Waals surface area contributed by atoms with E-state index in [4.69, 9.17) is 4.42 Å². The van der Waals surface area contributed by atoms with Gasteiger partial charge in [0.2, 0.25) is 5.91 Å². The summed E-state index contributed by atoms with van der Waals surface area (Å²) >= 11 is 0. The van der Waals surface area contributed by atoms with Crippen molar-refractivity contribution in [2.75, 3.05) is 0 Å². The normalized spacial score (nSPS) is 12.2. The molecule has 4 nitrogen and oxygen atoms in total. The molecule has 0 aliphatic heterocycles. The van der Waals surface area contributed by atoms with Crippen LogP contribution in [0.2, 0.25) is 0 Å². The molecule has 0 fully saturated rings. The maximum absolute atomic E-state index is 12.8. The molecule has 0 bridgehead atoms. The van der Waals surface area contributed by atoms with Gasteiger partial charge in [-0.15, -0.1) is 0 Å². The molecule has 1 amide bonds. The van der Waals surface area contributed by atoms with Crippen molar-refractivity contribution in [3.63, 3.8) is 0 Å². The molecule has 1 atom stereocenters. The Morgan fingerprint density at radius 3 is 2.72 bits per heavy atom. The molecular weight excluding hydrogens is 360 g/mol. The molecule has 4 heteroatoms. The molecule has 0 radical (unpaired) electrons. The van der Waals surface area contributed by atoms with Crippen molar-refractivity contribution in [2.24, 2.45) is 0 Å². The number of nitrogens with zero attached hydrogens (tertiary/aromatic N) is 1. The fourth-order valence-electron chi connectivity index (χ4n) is 3.97. The maximum Gasteiger partial charge on any atom is 0.221 e. The van der Waals surface area contributed by atoms with Crippen LogP contribution in [-0.4, -0.2) is 10.5 Å². The number of carbonyl (C=O) groups is 1. The second-order valence-corrected chi connectivity index (χ2v) is 7.41. The number of aryl methyl sites for hydroxylation is 2. The highest BCUT2D eigenvalue weighted by Gasteiger charge is 2.22. The molecule has 2 aromatic carbocycles. The second-order valence-electron chi connectivity index (χ2n) is 7.41. The van der Waals surface area contributed by atoms with E-state index >= 15 is 0 Å². The molecule has 4 rings (SSSR count). The van der Waals surface area contributed by atoms with Crippen LogP contribution >= 0.6 is 0 Å². The first-order valence-corrected chi connectivity index (χ1v) is 10.1. The zero-order chi connectivity index (χ0) is 20.2. The second kappa shape index (κ2) is 8.39. The van der Waals surface area contributed by atoms with E-state index in [0.717, 1.165) is 17.9 Å². The van der Waals surface area contributed by atoms with Gasteiger partial charge >= 0.3 is 0 Å². The summed E-state index contributed by atoms with van der Waals surface area (Å²) in [6.45, 7) is 5.54. The number of hydrogen-bond donors (Lipinski definition) is 1. The summed E-state index contributed by atoms with van der Waals surface area (Å²) in [5, 5.41) is 4.21. The fourth-order valence-corrected chi connectivity index (χ4v) is 3.97. The lowest BCUT2D eigenvalue weighted by atomic mass is 9.87. The van der Waals surface area contributed by atoms with Gasteiger partial charge in [0.25, 0.3) is 0 Å². The van der Waals surface area contributed by atoms with Gasteiger partial charge in [0.15, 0.2) is 0 Å². The van der Waals surface area contributed by atoms with Crippen LogP contribution in [0, 0.1) is 6.92 Å². The summed E-state index contributed by atoms with van der Waals surface area (Å²) in [5.41, 5.74) is 4.76. The van der Waals surface area contributed by atoms with Crippen LogP contribution in [0.3, 0.4) is 0 Å². The number of amides is 1. The topological polar surface area (TPSA) is 47.2 Å². The first-order chi connectivity index (χ1) is 14.2. The zero-order valence-electron chi connectivity index (χ0n) is 16.9. The zero-order valence-corrected chi connectivity index (χ0v) is 16.9. The molecule has 0 saturated carbocycles. The average molecular weight is 386 g/mol. The van der Waals surface area contributed by atoms with E-state index in [1.165, 1.54) is 22.0 Å². The van der Waals surface area contributed by atoms with Gasteiger partial charge in [0.05, 0.1) is 12.8 Å². The Morgan fingerprint density at radius 1 is 1.10 bits per heavy atom. The summed E-state index contributed by atoms with van der Waals surface area (Å²) in [6, 6.07) is 20.6. The van der Waals surface area contributed by atoms with Crippen molar-refractivity contribution in [1.29, 1.82) is 0 Å². The van der Waals surface area contributed by atoms with Crippen LogP contribution in [0.25, 0.3) is 10.9 Å². The van der Waals surface area contributed by atoms with Crippen LogP contribution in [0.1, 0.15) is 41.7 Å². The standard InChI is InChI=1S/C25H26N2O2/c1-3-27-17-23(21-11-4-5-12-24(21)27)22(19-9-6-8-18(2)14-19)15-25(28)26-16-20-10-7-13-29-20/h4-14,17,22H,3,15-16H2,1-2H3,(H,26,28)/t22-/m0/s1. The van der Waals surface area contributed by atoms with Gasteiger partial charge in [0.1, 0.15) is 5.76 Å². The largest absolute Gasteiger partial charge is 0.467 e. The summed E-state index contributed by atoms with van der Waals surface area (Å²) in [4.78, 5) is 12.8. The number of nitrogens with one attached hydrogen (secondary N) is 1. The Kier molecular flexibility index (Phi) is 5.52. The van der Waals surface area contributed by atoms with Crippen molar-refractivity contribution in [3.05, 3.63) is 95.6 Å². The average Bonchev–Trinajstić information content (AvgIpc) is 3.38. The van der Waals surface area contributed by atoms with E-state index in [2.05, 4.69) is 78.5 Å². The van der Waals surface area contributed by atoms with Gasteiger partial charge in [-0.2, -0.15) is 0 Å². The predicted molar refractivity (Wildman–Crippen MR) is 116 cm³/mol. The molecular formula is C25H26N2O2. The molecule has 0 aliphatic rings. The van der Waals surface area contributed by atoms with E-state index in [0.29, 0.717) is 13.0 Å². The predicted octanol–water partition coefficient (Wildman–Crippen LogP) is 5.40. The number of aromatic nitrogens is 1. The molecule has 4 aromatic rings. The van der Waals surface area contributed by atoms with Crippen molar-refractivity contribution in [2.45, 2.75) is 39.3 Å². The number of fused-ring (bicyclic) bond motifs is 1. The highest BCUT2D eigenvalue weighted by molar-refractivity contribution is 5.86. The van der Waals surface area contributed by atoms with Crippen molar-refractivity contribution in [3.8, 4) is 0 Å². The Hall–Kier alpha value is -3.27. The Bertz CT molecular complexity index is 1110. The Labute approximate surface area is 171 Å². The molecule has 29 heavy (non-hydrogen) atoms. The number of para-hydroxylation sites is 1. The first-order valence-electron chi connectivity index (χ1n) is 10.1. The maximum atomic E-state index is 12.8. The smallest absolute Gasteiger partial charge is 0.221 e. The van der Waals surface area contributed by atoms with E-state index in [9.17, 15) is 4.79 Å². The van der Waals surface area contributed by atoms with Crippen molar-refractivity contribution < 1.29 is 9.21 Å². The summed E-state index contributed by atoms with van der Waals surface area (Å²) in [5.74, 6) is 0.762. The Morgan fingerprint density at radius 2 is 1.97 bits per heavy atom. The molecule has 2 aromatic heterocycles. The van der Waals surface area contributed by atoms with E-state index in [-0.39, 0.29) is 11.8 Å². The van der Waals surface area contributed by atoms with Gasteiger partial charge in [-0.25, -0.2) is 0 Å². The number of rotatable bonds is 7. The van der Waals surface area contributed by atoms with E-state index < -0.39 is 0 Å². The van der Waals surface area contributed by atoms with Crippen LogP contribution in [0.4, 0.5) is 0 Å². The van der Waals surface area contributed by atoms with E-state index in [1.54, 1.807) is 6.26 Å². The minimum Gasteiger partial charge on any atom is -0.467 e. The third-order valence-electron chi connectivity index (χ3n) is 5.41. The van der Waals surface area contributed by atoms with Crippen LogP contribution in [0.15, 0.2) is 77.5 Å². The lowest BCUT2D eigenvalue weighted by Crippen LogP contribution is -2.24. The first kappa shape index (κ1) is 19.1. The van der Waals surface area contributed by atoms with Gasteiger partial charge in [-0.3, -0.25) is 4.79 Å². The molecule has 0 saturated heterocycles. The summed E-state index contributed by atoms with van der Waals surface area (Å²) < 4.78 is 7.59. The number of hydrogen-bond acceptors (Lipinski definition) is 2. The van der Waals surface area contributed by atoms with Crippen LogP contribution < -0.4 is 5.32 Å². The summed E-state index contributed by atoms with van der Waals surface area (Å²) in [7, 11) is 0. The fraction of sp³-hybridized carbons (Fsp3) is 0.240. The van der Waals surface area contributed by atoms with Gasteiger partial charge < -0.3 is 14.3 Å². The third kappa shape index (κ3) is 4.11. The van der Waals surface area contributed by atoms with Crippen LogP contribution in [0.5, 0.6) is 0 Å². The Balaban J connectivity index is 1.69. The van der Waals surface area contributed by atoms with Gasteiger partial charge in [-0.1, -0.05) is 48.0 Å². The monoisotopic (exact) mass is 386 g/mol. The quantitative estimate of drug-likeness (QED) is 0.462. The SMILES string of the molecule is CCn1cc([C@@H](CC(=O)NCc2ccco2)c2cccc(C)c2)c2ccccc21. The summed E-state index contributed by atoms with van der Waals surface area (Å²) in [6.07, 6.45) is 4.22. The molecule has 0 spiro atoms. The molecule has 0 aliphatic carbocycles. The van der Waals surface area contributed by atoms with E-state index in [1.807, 2.05) is 12.1 Å². The third-order valence-corrected chi connectivity index (χ3v) is 5.41. The number of carbonyl (C=O) groups excluding carboxylic acids is 1. The van der Waals surface area contributed by atoms with Gasteiger partial charge in [-0.05, 0) is 43.2 Å². The van der Waals surface area contributed by atoms with Crippen LogP contribution in [-0.2, 0) is 17.9 Å². The van der Waals surface area contributed by atoms with Crippen molar-refractivity contribution >= 4 is 16.8 Å². The lowest BCUT2D eigenvalue weighted by Gasteiger charge is -2.18. The minimum absolute atomic E-state index is 0.01000. The molecule has 0 unspecified atom stereocenters. The highest BCUT2D eigenvalue weighted by Crippen LogP contribution is 2.35. The molecule has 148 valence electrons. The number of furan rings is 1. The van der Waals surface area contributed by atoms with Gasteiger partial charge in [0, 0.05) is 36.0 Å². The molecule has 2 heterocycles. The lowest BCUT2D eigenvalue weighted by molar-refractivity contribution is -0.121. The molecule has 1 N–H and O–H groups in total. The minimum atomic E-state index is -0.01000. The number of benzene rings is 2. The van der Waals surface area contributed by atoms with Crippen molar-refractivity contribution in [1.82, 2.24) is 9.88 Å².